The first kappa shape index (κ1) is 60.2. The molecule has 4 aromatic heterocycles. The summed E-state index contributed by atoms with van der Waals surface area (Å²) in [4.78, 5) is 0. The second kappa shape index (κ2) is 20.7. The van der Waals surface area contributed by atoms with Gasteiger partial charge in [0.25, 0.3) is 0 Å². The Balaban J connectivity index is 0.996. The van der Waals surface area contributed by atoms with Crippen LogP contribution in [0.25, 0.3) is 134 Å². The van der Waals surface area contributed by atoms with E-state index in [1.54, 1.807) is 0 Å². The Hall–Kier alpha value is -10.4. The van der Waals surface area contributed by atoms with Gasteiger partial charge < -0.3 is 0 Å². The molecule has 4 atom stereocenters. The number of allylic oxidation sites excluding steroid dienone is 4. The summed E-state index contributed by atoms with van der Waals surface area (Å²) in [6.45, 7) is 5.31. The molecule has 0 saturated carbocycles. The molecule has 103 heavy (non-hydrogen) atoms. The normalized spacial score (nSPS) is 23.7. The quantitative estimate of drug-likeness (QED) is 0.142. The SMILES string of the molecule is C[SiH]1[C]2(C(c3ccco3)=Cc3c(-c4ccc5ccccc5c4)cccc32)[Hf]2([Cl])([Cl])([C]13C(c1ccco1)=Cc1c(-c4ccc5ccccc5c4)cccc13)[C]1(C(c3ccco3)=Cc3c(-c4ccc5ccccc5c4)cccc31)[SiH](C)[C]21C(c2ccco2)=Cc2c(-c3ccc4ccccc4c3)cccc21. The molecule has 6 aliphatic rings. The van der Waals surface area contributed by atoms with Crippen LogP contribution >= 0.6 is 17.2 Å². The van der Waals surface area contributed by atoms with E-state index in [0.29, 0.717) is 0 Å². The number of furan rings is 4. The molecule has 490 valence electrons. The van der Waals surface area contributed by atoms with Crippen LogP contribution in [-0.2, 0) is 25.8 Å². The van der Waals surface area contributed by atoms with Gasteiger partial charge in [-0.1, -0.05) is 0 Å². The maximum absolute atomic E-state index is 12.0. The molecule has 5 spiro atoms. The Kier molecular flexibility index (Phi) is 12.1. The molecule has 2 fully saturated rings. The van der Waals surface area contributed by atoms with Crippen LogP contribution < -0.4 is 0 Å². The van der Waals surface area contributed by atoms with E-state index >= 15 is 0 Å². The molecule has 16 aromatic rings. The molecule has 4 nitrogen and oxygen atoms in total. The molecule has 0 bridgehead atoms. The van der Waals surface area contributed by atoms with Crippen molar-refractivity contribution in [3.05, 3.63) is 384 Å². The maximum atomic E-state index is 12.0. The predicted molar refractivity (Wildman–Crippen MR) is 428 cm³/mol. The van der Waals surface area contributed by atoms with Crippen LogP contribution in [-0.4, -0.2) is 17.6 Å². The Morgan fingerprint density at radius 1 is 0.252 bits per heavy atom. The van der Waals surface area contributed by atoms with Gasteiger partial charge in [0.15, 0.2) is 0 Å². The van der Waals surface area contributed by atoms with Crippen LogP contribution in [0.3, 0.4) is 0 Å². The van der Waals surface area contributed by atoms with E-state index in [2.05, 4.69) is 329 Å². The molecule has 2 saturated heterocycles. The molecule has 9 heteroatoms. The number of hydrogen-bond acceptors (Lipinski definition) is 4. The second-order valence-electron chi connectivity index (χ2n) is 29.7. The molecule has 12 aromatic carbocycles. The van der Waals surface area contributed by atoms with Gasteiger partial charge in [0, 0.05) is 0 Å². The van der Waals surface area contributed by atoms with E-state index < -0.39 is 43.4 Å². The van der Waals surface area contributed by atoms with Gasteiger partial charge in [-0.05, 0) is 0 Å². The van der Waals surface area contributed by atoms with E-state index in [4.69, 9.17) is 17.7 Å². The van der Waals surface area contributed by atoms with Crippen molar-refractivity contribution in [2.45, 2.75) is 24.3 Å². The van der Waals surface area contributed by atoms with Crippen LogP contribution in [0.4, 0.5) is 0 Å². The molecule has 0 N–H and O–H groups in total. The van der Waals surface area contributed by atoms with Gasteiger partial charge in [-0.3, -0.25) is 0 Å². The van der Waals surface area contributed by atoms with Crippen LogP contribution in [0.5, 0.6) is 0 Å². The monoisotopic (exact) mass is 1560 g/mol. The summed E-state index contributed by atoms with van der Waals surface area (Å²) in [5.41, 5.74) is 22.0. The van der Waals surface area contributed by atoms with E-state index in [1.807, 2.05) is 25.1 Å². The summed E-state index contributed by atoms with van der Waals surface area (Å²) in [6, 6.07) is 108. The van der Waals surface area contributed by atoms with Crippen molar-refractivity contribution in [3.8, 4) is 44.5 Å². The molecule has 2 aliphatic heterocycles. The van der Waals surface area contributed by atoms with Crippen LogP contribution in [0.1, 0.15) is 67.5 Å². The Bertz CT molecular complexity index is 5750. The number of benzene rings is 12. The van der Waals surface area contributed by atoms with E-state index in [-0.39, 0.29) is 0 Å². The summed E-state index contributed by atoms with van der Waals surface area (Å²) >= 11 is -8.80. The van der Waals surface area contributed by atoms with Crippen molar-refractivity contribution in [2.24, 2.45) is 0 Å². The standard InChI is InChI=1S/2C47H32O2Si.2ClH.Hf/c2*1-50(46-38-16-6-14-36(40(38)28-42(46)44-18-8-24-48-44)34-22-20-30-10-2-4-12-32(30)26-34)47-39-17-7-15-37(41(39)29-43(47)45-19-9-25-49-45)35-23-21-31-11-3-5-13-33(31)27-35;;;/h2*2-29,50H,1H3;2*1H;/q;;;;+2/p-2. The summed E-state index contributed by atoms with van der Waals surface area (Å²) < 4.78 is 24.4. The van der Waals surface area contributed by atoms with E-state index in [9.17, 15) is 17.2 Å². The minimum atomic E-state index is -8.80. The van der Waals surface area contributed by atoms with E-state index in [1.165, 1.54) is 21.5 Å². The van der Waals surface area contributed by atoms with E-state index in [0.717, 1.165) is 156 Å². The van der Waals surface area contributed by atoms with Gasteiger partial charge >= 0.3 is 609 Å². The number of rotatable bonds is 8. The van der Waals surface area contributed by atoms with Crippen molar-refractivity contribution >= 4 is 124 Å². The summed E-state index contributed by atoms with van der Waals surface area (Å²) in [5, 5.41) is 9.36. The Morgan fingerprint density at radius 3 is 0.709 bits per heavy atom. The molecular weight excluding hydrogens is 1500 g/mol. The topological polar surface area (TPSA) is 52.6 Å². The van der Waals surface area contributed by atoms with Crippen molar-refractivity contribution in [1.29, 1.82) is 0 Å². The van der Waals surface area contributed by atoms with Gasteiger partial charge in [0.2, 0.25) is 0 Å². The first-order valence-corrected chi connectivity index (χ1v) is 56.5. The average molecular weight is 1560 g/mol. The Labute approximate surface area is 604 Å². The van der Waals surface area contributed by atoms with Gasteiger partial charge in [-0.15, -0.1) is 0 Å². The summed E-state index contributed by atoms with van der Waals surface area (Å²) in [5.74, 6) is 3.01. The summed E-state index contributed by atoms with van der Waals surface area (Å²) in [7, 11) is 17.8. The molecule has 0 radical (unpaired) electrons. The van der Waals surface area contributed by atoms with Crippen molar-refractivity contribution in [2.75, 3.05) is 0 Å². The van der Waals surface area contributed by atoms with Crippen molar-refractivity contribution in [1.82, 2.24) is 0 Å². The summed E-state index contributed by atoms with van der Waals surface area (Å²) in [6.07, 6.45) is 17.5. The third-order valence-electron chi connectivity index (χ3n) is 26.5. The van der Waals surface area contributed by atoms with Crippen LogP contribution in [0.15, 0.2) is 334 Å². The number of hydrogen-bond donors (Lipinski definition) is 0. The predicted octanol–water partition coefficient (Wildman–Crippen LogP) is 24.9. The third-order valence-corrected chi connectivity index (χ3v) is 141. The zero-order valence-electron chi connectivity index (χ0n) is 56.4. The fourth-order valence-electron chi connectivity index (χ4n) is 23.7. The second-order valence-corrected chi connectivity index (χ2v) is 84.1. The fraction of sp³-hybridized carbons (Fsp3) is 0.0638. The van der Waals surface area contributed by atoms with Crippen molar-refractivity contribution < 1.29 is 32.3 Å². The number of halogens is 2. The fourth-order valence-corrected chi connectivity index (χ4v) is 190. The minimum absolute atomic E-state index is 0.752. The van der Waals surface area contributed by atoms with Gasteiger partial charge in [0.05, 0.1) is 0 Å². The zero-order chi connectivity index (χ0) is 68.5. The molecule has 4 unspecified atom stereocenters. The molecule has 0 amide bonds. The number of fused-ring (bicyclic) bond motifs is 16. The van der Waals surface area contributed by atoms with Crippen LogP contribution in [0.2, 0.25) is 13.1 Å². The molecular formula is C94H64Cl2HfO4Si2. The van der Waals surface area contributed by atoms with Gasteiger partial charge in [-0.25, -0.2) is 0 Å². The van der Waals surface area contributed by atoms with Gasteiger partial charge in [-0.2, -0.15) is 0 Å². The third kappa shape index (κ3) is 6.62. The average Bonchev–Trinajstić information content (AvgIpc) is 1.51. The first-order valence-electron chi connectivity index (χ1n) is 35.8. The molecule has 22 rings (SSSR count). The first-order chi connectivity index (χ1) is 50.5. The van der Waals surface area contributed by atoms with Crippen LogP contribution in [0, 0.1) is 0 Å². The Morgan fingerprint density at radius 2 is 0.485 bits per heavy atom. The van der Waals surface area contributed by atoms with Gasteiger partial charge in [0.1, 0.15) is 0 Å². The van der Waals surface area contributed by atoms with Crippen molar-refractivity contribution in [3.63, 3.8) is 0 Å². The zero-order valence-corrected chi connectivity index (χ0v) is 63.8. The molecule has 6 heterocycles. The molecule has 4 aliphatic carbocycles.